The van der Waals surface area contributed by atoms with Crippen molar-refractivity contribution in [3.05, 3.63) is 0 Å². The predicted molar refractivity (Wildman–Crippen MR) is 39.4 cm³/mol. The second-order valence-electron chi connectivity index (χ2n) is 2.65. The maximum atomic E-state index is 10.7. The van der Waals surface area contributed by atoms with Crippen LogP contribution in [0, 0.1) is 5.92 Å². The Hall–Kier alpha value is 0.430. The van der Waals surface area contributed by atoms with Crippen LogP contribution in [0.5, 0.6) is 0 Å². The van der Waals surface area contributed by atoms with Gasteiger partial charge in [-0.25, -0.2) is 0 Å². The smallest absolute Gasteiger partial charge is 0.662 e. The molecule has 4 heteroatoms. The van der Waals surface area contributed by atoms with Crippen molar-refractivity contribution in [3.63, 3.8) is 0 Å². The molecule has 12 heavy (non-hydrogen) atoms. The fourth-order valence-electron chi connectivity index (χ4n) is 1.01. The molecule has 0 aliphatic heterocycles. The molecule has 0 radical (unpaired) electrons. The molecule has 0 fully saturated rings. The van der Waals surface area contributed by atoms with E-state index in [1.165, 1.54) is 0 Å². The Kier molecular flexibility index (Phi) is 11.8. The van der Waals surface area contributed by atoms with E-state index in [1.54, 1.807) is 0 Å². The monoisotopic (exact) mass is 182 g/mol. The van der Waals surface area contributed by atoms with Crippen LogP contribution in [0.4, 0.5) is 0 Å². The van der Waals surface area contributed by atoms with E-state index >= 15 is 0 Å². The average Bonchev–Trinajstić information content (AvgIpc) is 2.05. The number of carbonyl (C=O) groups is 1. The first kappa shape index (κ1) is 14.9. The third-order valence-corrected chi connectivity index (χ3v) is 1.81. The summed E-state index contributed by atoms with van der Waals surface area (Å²) in [4.78, 5) is 14.1. The van der Waals surface area contributed by atoms with Crippen LogP contribution >= 0.6 is 0 Å². The van der Waals surface area contributed by atoms with E-state index in [4.69, 9.17) is 0 Å². The van der Waals surface area contributed by atoms with Crippen molar-refractivity contribution in [1.82, 2.24) is 0 Å². The summed E-state index contributed by atoms with van der Waals surface area (Å²) in [5.41, 5.74) is 0. The first-order chi connectivity index (χ1) is 5.26. The molecule has 1 atom stereocenters. The molecule has 0 saturated carbocycles. The van der Waals surface area contributed by atoms with Crippen LogP contribution in [-0.4, -0.2) is 5.97 Å². The van der Waals surface area contributed by atoms with Gasteiger partial charge < -0.3 is 10.1 Å². The summed E-state index contributed by atoms with van der Waals surface area (Å²) in [6.45, 7) is 3.94. The number of hydrogen-bond acceptors (Lipinski definition) is 3. The SMILES string of the molecule is CCCCC(CC)C(=O)O[O-].[Na+]. The van der Waals surface area contributed by atoms with E-state index in [9.17, 15) is 10.1 Å². The Balaban J connectivity index is 0. The summed E-state index contributed by atoms with van der Waals surface area (Å²) < 4.78 is 0. The zero-order chi connectivity index (χ0) is 8.69. The fourth-order valence-corrected chi connectivity index (χ4v) is 1.01. The van der Waals surface area contributed by atoms with Gasteiger partial charge in [0.25, 0.3) is 0 Å². The summed E-state index contributed by atoms with van der Waals surface area (Å²) in [6.07, 6.45) is 3.49. The van der Waals surface area contributed by atoms with E-state index in [1.807, 2.05) is 6.92 Å². The van der Waals surface area contributed by atoms with E-state index in [0.717, 1.165) is 19.3 Å². The Bertz CT molecular complexity index is 117. The molecule has 0 saturated heterocycles. The third kappa shape index (κ3) is 6.00. The maximum absolute atomic E-state index is 10.7. The Morgan fingerprint density at radius 1 is 1.50 bits per heavy atom. The topological polar surface area (TPSA) is 49.4 Å². The Morgan fingerprint density at radius 2 is 2.08 bits per heavy atom. The van der Waals surface area contributed by atoms with Gasteiger partial charge in [-0.15, -0.1) is 0 Å². The van der Waals surface area contributed by atoms with Gasteiger partial charge in [-0.05, 0) is 12.8 Å². The Labute approximate surface area is 95.7 Å². The standard InChI is InChI=1S/C8H16O3.Na/c1-3-5-6-7(4-2)8(9)11-10;/h7,10H,3-6H2,1-2H3;/q;+1/p-1. The molecular weight excluding hydrogens is 167 g/mol. The summed E-state index contributed by atoms with van der Waals surface area (Å²) in [7, 11) is 0. The molecular formula is C8H15NaO3. The summed E-state index contributed by atoms with van der Waals surface area (Å²) in [5, 5.41) is 9.74. The first-order valence-corrected chi connectivity index (χ1v) is 4.09. The van der Waals surface area contributed by atoms with Gasteiger partial charge in [-0.3, -0.25) is 4.79 Å². The van der Waals surface area contributed by atoms with Crippen molar-refractivity contribution in [3.8, 4) is 0 Å². The molecule has 0 amide bonds. The van der Waals surface area contributed by atoms with Gasteiger partial charge in [0.15, 0.2) is 0 Å². The second kappa shape index (κ2) is 9.52. The fraction of sp³-hybridized carbons (Fsp3) is 0.875. The molecule has 0 aliphatic rings. The van der Waals surface area contributed by atoms with Crippen molar-refractivity contribution < 1.29 is 44.5 Å². The molecule has 3 nitrogen and oxygen atoms in total. The second-order valence-corrected chi connectivity index (χ2v) is 2.65. The van der Waals surface area contributed by atoms with Crippen molar-refractivity contribution in [2.45, 2.75) is 39.5 Å². The van der Waals surface area contributed by atoms with Gasteiger partial charge in [0.2, 0.25) is 0 Å². The van der Waals surface area contributed by atoms with Crippen molar-refractivity contribution in [2.75, 3.05) is 0 Å². The van der Waals surface area contributed by atoms with Crippen LogP contribution in [0.2, 0.25) is 0 Å². The summed E-state index contributed by atoms with van der Waals surface area (Å²) in [5.74, 6) is -0.798. The number of hydrogen-bond donors (Lipinski definition) is 0. The molecule has 0 spiro atoms. The molecule has 0 aromatic carbocycles. The van der Waals surface area contributed by atoms with Crippen LogP contribution < -0.4 is 34.8 Å². The van der Waals surface area contributed by atoms with Crippen molar-refractivity contribution >= 4 is 5.97 Å². The van der Waals surface area contributed by atoms with Crippen molar-refractivity contribution in [1.29, 1.82) is 0 Å². The molecule has 0 aliphatic carbocycles. The molecule has 66 valence electrons. The largest absolute Gasteiger partial charge is 1.00 e. The zero-order valence-corrected chi connectivity index (χ0v) is 10.1. The quantitative estimate of drug-likeness (QED) is 0.281. The van der Waals surface area contributed by atoms with Crippen molar-refractivity contribution in [2.24, 2.45) is 5.92 Å². The van der Waals surface area contributed by atoms with Crippen LogP contribution in [0.15, 0.2) is 0 Å². The minimum absolute atomic E-state index is 0. The van der Waals surface area contributed by atoms with E-state index < -0.39 is 5.97 Å². The molecule has 0 rings (SSSR count). The van der Waals surface area contributed by atoms with Crippen LogP contribution in [0.25, 0.3) is 0 Å². The predicted octanol–water partition coefficient (Wildman–Crippen LogP) is -1.97. The summed E-state index contributed by atoms with van der Waals surface area (Å²) in [6, 6.07) is 0. The number of rotatable bonds is 5. The first-order valence-electron chi connectivity index (χ1n) is 4.09. The minimum Gasteiger partial charge on any atom is -0.662 e. The van der Waals surface area contributed by atoms with Gasteiger partial charge in [-0.2, -0.15) is 0 Å². The number of carbonyl (C=O) groups excluding carboxylic acids is 1. The number of unbranched alkanes of at least 4 members (excludes halogenated alkanes) is 1. The minimum atomic E-state index is -0.610. The molecule has 0 aromatic heterocycles. The zero-order valence-electron chi connectivity index (χ0n) is 8.13. The van der Waals surface area contributed by atoms with Gasteiger partial charge in [0.05, 0.1) is 5.92 Å². The van der Waals surface area contributed by atoms with Gasteiger partial charge in [-0.1, -0.05) is 26.7 Å². The van der Waals surface area contributed by atoms with Gasteiger partial charge in [0.1, 0.15) is 0 Å². The molecule has 0 aromatic rings. The van der Waals surface area contributed by atoms with E-state index in [2.05, 4.69) is 11.8 Å². The molecule has 0 bridgehead atoms. The van der Waals surface area contributed by atoms with Gasteiger partial charge >= 0.3 is 35.5 Å². The normalized spacial score (nSPS) is 11.6. The van der Waals surface area contributed by atoms with E-state index in [-0.39, 0.29) is 35.5 Å². The maximum Gasteiger partial charge on any atom is 1.00 e. The summed E-state index contributed by atoms with van der Waals surface area (Å²) >= 11 is 0. The van der Waals surface area contributed by atoms with Crippen LogP contribution in [0.1, 0.15) is 39.5 Å². The third-order valence-electron chi connectivity index (χ3n) is 1.81. The van der Waals surface area contributed by atoms with Gasteiger partial charge in [0, 0.05) is 0 Å². The Morgan fingerprint density at radius 3 is 2.42 bits per heavy atom. The van der Waals surface area contributed by atoms with Crippen LogP contribution in [-0.2, 0) is 9.68 Å². The van der Waals surface area contributed by atoms with E-state index in [0.29, 0.717) is 6.42 Å². The van der Waals surface area contributed by atoms with Crippen LogP contribution in [0.3, 0.4) is 0 Å². The molecule has 0 heterocycles. The average molecular weight is 182 g/mol. The molecule has 1 unspecified atom stereocenters. The molecule has 0 N–H and O–H groups in total.